The Morgan fingerprint density at radius 2 is 2.19 bits per heavy atom. The maximum Gasteiger partial charge on any atom is 0.224 e. The van der Waals surface area contributed by atoms with E-state index in [1.165, 1.54) is 25.7 Å². The number of aromatic nitrogens is 1. The quantitative estimate of drug-likeness (QED) is 0.871. The summed E-state index contributed by atoms with van der Waals surface area (Å²) in [5, 5.41) is 6.35. The Morgan fingerprint density at radius 1 is 1.33 bits per heavy atom. The minimum Gasteiger partial charge on any atom is -0.357 e. The SMILES string of the molecule is O=C(CCC1CCCN1)Nc1ccc(N2CCCC2)nc1. The molecule has 2 saturated heterocycles. The molecule has 2 aliphatic heterocycles. The fourth-order valence-electron chi connectivity index (χ4n) is 3.13. The van der Waals surface area contributed by atoms with E-state index in [0.29, 0.717) is 12.5 Å². The van der Waals surface area contributed by atoms with Gasteiger partial charge in [-0.25, -0.2) is 4.98 Å². The lowest BCUT2D eigenvalue weighted by atomic mass is 10.1. The summed E-state index contributed by atoms with van der Waals surface area (Å²) in [6.07, 6.45) is 8.17. The van der Waals surface area contributed by atoms with Crippen molar-refractivity contribution in [1.82, 2.24) is 10.3 Å². The number of rotatable bonds is 5. The van der Waals surface area contributed by atoms with Gasteiger partial charge in [0, 0.05) is 25.6 Å². The maximum atomic E-state index is 11.9. The van der Waals surface area contributed by atoms with Crippen LogP contribution in [0.3, 0.4) is 0 Å². The van der Waals surface area contributed by atoms with Crippen molar-refractivity contribution >= 4 is 17.4 Å². The van der Waals surface area contributed by atoms with Crippen molar-refractivity contribution in [2.75, 3.05) is 29.9 Å². The molecule has 1 aromatic heterocycles. The average Bonchev–Trinajstić information content (AvgIpc) is 3.19. The Labute approximate surface area is 126 Å². The predicted molar refractivity (Wildman–Crippen MR) is 84.6 cm³/mol. The van der Waals surface area contributed by atoms with Crippen LogP contribution >= 0.6 is 0 Å². The smallest absolute Gasteiger partial charge is 0.224 e. The van der Waals surface area contributed by atoms with Crippen LogP contribution in [-0.4, -0.2) is 36.6 Å². The van der Waals surface area contributed by atoms with E-state index in [0.717, 1.165) is 37.6 Å². The Balaban J connectivity index is 1.46. The highest BCUT2D eigenvalue weighted by atomic mass is 16.1. The van der Waals surface area contributed by atoms with E-state index in [-0.39, 0.29) is 5.91 Å². The Morgan fingerprint density at radius 3 is 2.86 bits per heavy atom. The first-order chi connectivity index (χ1) is 10.3. The molecule has 5 heteroatoms. The van der Waals surface area contributed by atoms with Gasteiger partial charge in [-0.1, -0.05) is 0 Å². The summed E-state index contributed by atoms with van der Waals surface area (Å²) in [4.78, 5) is 18.7. The van der Waals surface area contributed by atoms with Crippen LogP contribution in [0.1, 0.15) is 38.5 Å². The molecule has 0 radical (unpaired) electrons. The van der Waals surface area contributed by atoms with Gasteiger partial charge in [-0.15, -0.1) is 0 Å². The lowest BCUT2D eigenvalue weighted by Crippen LogP contribution is -2.23. The summed E-state index contributed by atoms with van der Waals surface area (Å²) < 4.78 is 0. The molecule has 2 N–H and O–H groups in total. The van der Waals surface area contributed by atoms with E-state index in [2.05, 4.69) is 20.5 Å². The van der Waals surface area contributed by atoms with Crippen molar-refractivity contribution in [3.63, 3.8) is 0 Å². The van der Waals surface area contributed by atoms with Crippen molar-refractivity contribution in [2.24, 2.45) is 0 Å². The van der Waals surface area contributed by atoms with Crippen LogP contribution in [-0.2, 0) is 4.79 Å². The molecule has 0 aromatic carbocycles. The highest BCUT2D eigenvalue weighted by molar-refractivity contribution is 5.90. The molecule has 2 aliphatic rings. The van der Waals surface area contributed by atoms with Crippen LogP contribution in [0.4, 0.5) is 11.5 Å². The van der Waals surface area contributed by atoms with Crippen molar-refractivity contribution in [3.8, 4) is 0 Å². The van der Waals surface area contributed by atoms with Gasteiger partial charge in [0.25, 0.3) is 0 Å². The van der Waals surface area contributed by atoms with Gasteiger partial charge in [-0.2, -0.15) is 0 Å². The van der Waals surface area contributed by atoms with Crippen LogP contribution in [0.25, 0.3) is 0 Å². The van der Waals surface area contributed by atoms with Crippen molar-refractivity contribution in [3.05, 3.63) is 18.3 Å². The van der Waals surface area contributed by atoms with Crippen molar-refractivity contribution < 1.29 is 4.79 Å². The fourth-order valence-corrected chi connectivity index (χ4v) is 3.13. The van der Waals surface area contributed by atoms with E-state index >= 15 is 0 Å². The van der Waals surface area contributed by atoms with E-state index < -0.39 is 0 Å². The van der Waals surface area contributed by atoms with Gasteiger partial charge in [0.1, 0.15) is 5.82 Å². The molecule has 1 unspecified atom stereocenters. The van der Waals surface area contributed by atoms with Crippen LogP contribution in [0.2, 0.25) is 0 Å². The van der Waals surface area contributed by atoms with Crippen molar-refractivity contribution in [1.29, 1.82) is 0 Å². The second-order valence-electron chi connectivity index (χ2n) is 5.98. The molecule has 114 valence electrons. The topological polar surface area (TPSA) is 57.3 Å². The number of nitrogens with one attached hydrogen (secondary N) is 2. The predicted octanol–water partition coefficient (Wildman–Crippen LogP) is 2.15. The second kappa shape index (κ2) is 6.89. The zero-order chi connectivity index (χ0) is 14.5. The van der Waals surface area contributed by atoms with Crippen LogP contribution in [0.15, 0.2) is 18.3 Å². The first-order valence-corrected chi connectivity index (χ1v) is 8.05. The van der Waals surface area contributed by atoms with Crippen molar-refractivity contribution in [2.45, 2.75) is 44.6 Å². The molecule has 2 fully saturated rings. The number of hydrogen-bond donors (Lipinski definition) is 2. The van der Waals surface area contributed by atoms with Gasteiger partial charge in [0.05, 0.1) is 11.9 Å². The number of pyridine rings is 1. The Bertz CT molecular complexity index is 462. The van der Waals surface area contributed by atoms with E-state index in [1.54, 1.807) is 6.20 Å². The molecule has 0 spiro atoms. The molecule has 0 saturated carbocycles. The third-order valence-corrected chi connectivity index (χ3v) is 4.34. The number of nitrogens with zero attached hydrogens (tertiary/aromatic N) is 2. The highest BCUT2D eigenvalue weighted by Gasteiger charge is 2.16. The molecule has 3 rings (SSSR count). The van der Waals surface area contributed by atoms with Gasteiger partial charge in [-0.3, -0.25) is 4.79 Å². The second-order valence-corrected chi connectivity index (χ2v) is 5.98. The van der Waals surface area contributed by atoms with Gasteiger partial charge >= 0.3 is 0 Å². The fraction of sp³-hybridized carbons (Fsp3) is 0.625. The van der Waals surface area contributed by atoms with E-state index in [1.807, 2.05) is 12.1 Å². The largest absolute Gasteiger partial charge is 0.357 e. The lowest BCUT2D eigenvalue weighted by Gasteiger charge is -2.16. The van der Waals surface area contributed by atoms with Crippen LogP contribution in [0.5, 0.6) is 0 Å². The number of hydrogen-bond acceptors (Lipinski definition) is 4. The number of anilines is 2. The molecule has 21 heavy (non-hydrogen) atoms. The minimum atomic E-state index is 0.0828. The zero-order valence-corrected chi connectivity index (χ0v) is 12.5. The average molecular weight is 288 g/mol. The summed E-state index contributed by atoms with van der Waals surface area (Å²) in [5.41, 5.74) is 0.794. The molecular formula is C16H24N4O. The van der Waals surface area contributed by atoms with Gasteiger partial charge in [-0.05, 0) is 50.8 Å². The third-order valence-electron chi connectivity index (χ3n) is 4.34. The molecule has 1 amide bonds. The summed E-state index contributed by atoms with van der Waals surface area (Å²) in [6.45, 7) is 3.27. The van der Waals surface area contributed by atoms with Crippen LogP contribution in [0, 0.1) is 0 Å². The number of carbonyl (C=O) groups excluding carboxylic acids is 1. The molecule has 3 heterocycles. The monoisotopic (exact) mass is 288 g/mol. The molecule has 0 aliphatic carbocycles. The first kappa shape index (κ1) is 14.3. The van der Waals surface area contributed by atoms with Gasteiger partial charge in [0.2, 0.25) is 5.91 Å². The first-order valence-electron chi connectivity index (χ1n) is 8.05. The molecule has 0 bridgehead atoms. The summed E-state index contributed by atoms with van der Waals surface area (Å²) in [5.74, 6) is 1.10. The summed E-state index contributed by atoms with van der Waals surface area (Å²) >= 11 is 0. The van der Waals surface area contributed by atoms with Gasteiger partial charge in [0.15, 0.2) is 0 Å². The number of carbonyl (C=O) groups is 1. The third kappa shape index (κ3) is 3.94. The maximum absolute atomic E-state index is 11.9. The van der Waals surface area contributed by atoms with E-state index in [9.17, 15) is 4.79 Å². The number of amides is 1. The standard InChI is InChI=1S/C16H24N4O/c21-16(8-6-13-4-3-9-17-13)19-14-5-7-15(18-12-14)20-10-1-2-11-20/h5,7,12-13,17H,1-4,6,8-11H2,(H,19,21). The zero-order valence-electron chi connectivity index (χ0n) is 12.5. The van der Waals surface area contributed by atoms with Gasteiger partial charge < -0.3 is 15.5 Å². The summed E-state index contributed by atoms with van der Waals surface area (Å²) in [7, 11) is 0. The molecule has 1 atom stereocenters. The van der Waals surface area contributed by atoms with E-state index in [4.69, 9.17) is 0 Å². The molecule has 5 nitrogen and oxygen atoms in total. The lowest BCUT2D eigenvalue weighted by molar-refractivity contribution is -0.116. The Kier molecular flexibility index (Phi) is 4.70. The molecular weight excluding hydrogens is 264 g/mol. The molecule has 1 aromatic rings. The summed E-state index contributed by atoms with van der Waals surface area (Å²) in [6, 6.07) is 4.47. The normalized spacial score (nSPS) is 21.7. The minimum absolute atomic E-state index is 0.0828. The highest BCUT2D eigenvalue weighted by Crippen LogP contribution is 2.19. The Hall–Kier alpha value is -1.62. The van der Waals surface area contributed by atoms with Crippen LogP contribution < -0.4 is 15.5 Å².